The first kappa shape index (κ1) is 17.5. The molecule has 1 fully saturated rings. The van der Waals surface area contributed by atoms with Crippen LogP contribution in [0.15, 0.2) is 48.5 Å². The van der Waals surface area contributed by atoms with Crippen LogP contribution in [0.5, 0.6) is 5.75 Å². The van der Waals surface area contributed by atoms with E-state index in [-0.39, 0.29) is 25.2 Å². The normalized spacial score (nSPS) is 15.8. The Balaban J connectivity index is 1.56. The average Bonchev–Trinajstić information content (AvgIpc) is 3.10. The fraction of sp³-hybridized carbons (Fsp3) is 0.250. The first-order valence-corrected chi connectivity index (χ1v) is 8.32. The third kappa shape index (κ3) is 4.61. The Hall–Kier alpha value is -3.33. The Bertz CT molecular complexity index is 857. The molecule has 2 aromatic rings. The van der Waals surface area contributed by atoms with Crippen LogP contribution in [-0.4, -0.2) is 24.5 Å². The van der Waals surface area contributed by atoms with Crippen LogP contribution in [0.1, 0.15) is 34.3 Å². The lowest BCUT2D eigenvalue weighted by molar-refractivity contribution is -0.119. The number of amides is 1. The van der Waals surface area contributed by atoms with Gasteiger partial charge in [-0.05, 0) is 42.3 Å². The summed E-state index contributed by atoms with van der Waals surface area (Å²) in [6.07, 6.45) is 1.16. The lowest BCUT2D eigenvalue weighted by Crippen LogP contribution is -2.30. The monoisotopic (exact) mass is 350 g/mol. The number of benzene rings is 2. The molecular weight excluding hydrogens is 332 g/mol. The van der Waals surface area contributed by atoms with Crippen LogP contribution < -0.4 is 10.1 Å². The van der Waals surface area contributed by atoms with Gasteiger partial charge in [0.1, 0.15) is 19.0 Å². The number of nitriles is 1. The van der Waals surface area contributed by atoms with E-state index in [0.29, 0.717) is 29.7 Å². The van der Waals surface area contributed by atoms with Gasteiger partial charge in [0.2, 0.25) is 5.91 Å². The van der Waals surface area contributed by atoms with Gasteiger partial charge in [0.05, 0.1) is 23.2 Å². The van der Waals surface area contributed by atoms with E-state index in [9.17, 15) is 9.59 Å². The van der Waals surface area contributed by atoms with Crippen molar-refractivity contribution in [2.45, 2.75) is 25.5 Å². The minimum Gasteiger partial charge on any atom is -0.489 e. The van der Waals surface area contributed by atoms with Crippen molar-refractivity contribution in [3.05, 3.63) is 65.2 Å². The smallest absolute Gasteiger partial charge is 0.338 e. The van der Waals surface area contributed by atoms with Crippen LogP contribution in [0, 0.1) is 11.3 Å². The van der Waals surface area contributed by atoms with Gasteiger partial charge in [0.15, 0.2) is 0 Å². The molecule has 0 aromatic heterocycles. The Morgan fingerprint density at radius 2 is 2.08 bits per heavy atom. The summed E-state index contributed by atoms with van der Waals surface area (Å²) in [7, 11) is 0. The van der Waals surface area contributed by atoms with Crippen molar-refractivity contribution < 1.29 is 19.1 Å². The van der Waals surface area contributed by atoms with E-state index in [2.05, 4.69) is 11.4 Å². The standard InChI is InChI=1S/C20H18N2O4/c21-11-14-3-2-6-18(10-14)25-12-15-4-1-5-16(9-15)20(24)26-13-17-7-8-19(23)22-17/h1-6,9-10,17H,7-8,12-13H2,(H,22,23)/t17-/m1/s1. The van der Waals surface area contributed by atoms with Gasteiger partial charge in [-0.2, -0.15) is 5.26 Å². The maximum atomic E-state index is 12.2. The van der Waals surface area contributed by atoms with Crippen LogP contribution in [0.2, 0.25) is 0 Å². The Morgan fingerprint density at radius 1 is 1.23 bits per heavy atom. The van der Waals surface area contributed by atoms with Gasteiger partial charge in [-0.15, -0.1) is 0 Å². The number of nitrogens with zero attached hydrogens (tertiary/aromatic N) is 1. The van der Waals surface area contributed by atoms with Gasteiger partial charge in [0.25, 0.3) is 0 Å². The molecule has 1 aliphatic rings. The van der Waals surface area contributed by atoms with Crippen molar-refractivity contribution in [3.8, 4) is 11.8 Å². The van der Waals surface area contributed by atoms with E-state index in [0.717, 1.165) is 5.56 Å². The molecule has 0 unspecified atom stereocenters. The molecule has 0 bridgehead atoms. The fourth-order valence-corrected chi connectivity index (χ4v) is 2.67. The number of esters is 1. The number of hydrogen-bond acceptors (Lipinski definition) is 5. The molecule has 1 atom stereocenters. The summed E-state index contributed by atoms with van der Waals surface area (Å²) in [6.45, 7) is 0.445. The third-order valence-electron chi connectivity index (χ3n) is 4.03. The number of hydrogen-bond donors (Lipinski definition) is 1. The summed E-state index contributed by atoms with van der Waals surface area (Å²) < 4.78 is 10.9. The Labute approximate surface area is 151 Å². The number of carbonyl (C=O) groups excluding carboxylic acids is 2. The maximum absolute atomic E-state index is 12.2. The molecule has 6 heteroatoms. The summed E-state index contributed by atoms with van der Waals surface area (Å²) in [6, 6.07) is 15.8. The zero-order valence-corrected chi connectivity index (χ0v) is 14.1. The highest BCUT2D eigenvalue weighted by molar-refractivity contribution is 5.89. The summed E-state index contributed by atoms with van der Waals surface area (Å²) in [5, 5.41) is 11.7. The lowest BCUT2D eigenvalue weighted by Gasteiger charge is -2.11. The number of rotatable bonds is 6. The second-order valence-electron chi connectivity index (χ2n) is 6.03. The van der Waals surface area contributed by atoms with E-state index in [1.165, 1.54) is 0 Å². The molecule has 1 N–H and O–H groups in total. The van der Waals surface area contributed by atoms with E-state index in [1.807, 2.05) is 6.07 Å². The lowest BCUT2D eigenvalue weighted by atomic mass is 10.1. The zero-order valence-electron chi connectivity index (χ0n) is 14.1. The third-order valence-corrected chi connectivity index (χ3v) is 4.03. The Kier molecular flexibility index (Phi) is 5.49. The van der Waals surface area contributed by atoms with Crippen molar-refractivity contribution in [2.75, 3.05) is 6.61 Å². The average molecular weight is 350 g/mol. The predicted octanol–water partition coefficient (Wildman–Crippen LogP) is 2.57. The molecule has 1 heterocycles. The van der Waals surface area contributed by atoms with Crippen LogP contribution in [0.4, 0.5) is 0 Å². The first-order valence-electron chi connectivity index (χ1n) is 8.32. The molecule has 1 aliphatic heterocycles. The highest BCUT2D eigenvalue weighted by atomic mass is 16.5. The quantitative estimate of drug-likeness (QED) is 0.809. The summed E-state index contributed by atoms with van der Waals surface area (Å²) in [5.74, 6) is 0.152. The van der Waals surface area contributed by atoms with Gasteiger partial charge in [-0.3, -0.25) is 4.79 Å². The van der Waals surface area contributed by atoms with Crippen molar-refractivity contribution in [3.63, 3.8) is 0 Å². The van der Waals surface area contributed by atoms with E-state index in [1.54, 1.807) is 42.5 Å². The van der Waals surface area contributed by atoms with Gasteiger partial charge in [0, 0.05) is 6.42 Å². The SMILES string of the molecule is N#Cc1cccc(OCc2cccc(C(=O)OC[C@H]3CCC(=O)N3)c2)c1. The molecule has 0 aliphatic carbocycles. The number of ether oxygens (including phenoxy) is 2. The first-order chi connectivity index (χ1) is 12.6. The number of nitrogens with one attached hydrogen (secondary N) is 1. The van der Waals surface area contributed by atoms with Gasteiger partial charge in [-0.25, -0.2) is 4.79 Å². The van der Waals surface area contributed by atoms with Gasteiger partial charge < -0.3 is 14.8 Å². The molecule has 132 valence electrons. The molecule has 2 aromatic carbocycles. The molecule has 0 spiro atoms. The summed E-state index contributed by atoms with van der Waals surface area (Å²) in [4.78, 5) is 23.3. The van der Waals surface area contributed by atoms with Gasteiger partial charge >= 0.3 is 5.97 Å². The van der Waals surface area contributed by atoms with Crippen LogP contribution >= 0.6 is 0 Å². The molecule has 6 nitrogen and oxygen atoms in total. The zero-order chi connectivity index (χ0) is 18.4. The molecule has 3 rings (SSSR count). The van der Waals surface area contributed by atoms with E-state index < -0.39 is 5.97 Å². The largest absolute Gasteiger partial charge is 0.489 e. The van der Waals surface area contributed by atoms with Crippen LogP contribution in [0.3, 0.4) is 0 Å². The molecule has 1 amide bonds. The van der Waals surface area contributed by atoms with Crippen molar-refractivity contribution in [1.29, 1.82) is 5.26 Å². The van der Waals surface area contributed by atoms with Crippen LogP contribution in [-0.2, 0) is 16.1 Å². The molecule has 0 saturated carbocycles. The molecular formula is C20H18N2O4. The Morgan fingerprint density at radius 3 is 2.85 bits per heavy atom. The second kappa shape index (κ2) is 8.17. The summed E-state index contributed by atoms with van der Waals surface area (Å²) >= 11 is 0. The van der Waals surface area contributed by atoms with Crippen LogP contribution in [0.25, 0.3) is 0 Å². The topological polar surface area (TPSA) is 88.4 Å². The number of carbonyl (C=O) groups is 2. The molecule has 0 radical (unpaired) electrons. The maximum Gasteiger partial charge on any atom is 0.338 e. The molecule has 26 heavy (non-hydrogen) atoms. The fourth-order valence-electron chi connectivity index (χ4n) is 2.67. The second-order valence-corrected chi connectivity index (χ2v) is 6.03. The van der Waals surface area contributed by atoms with Crippen molar-refractivity contribution >= 4 is 11.9 Å². The summed E-state index contributed by atoms with van der Waals surface area (Å²) in [5.41, 5.74) is 1.77. The van der Waals surface area contributed by atoms with E-state index in [4.69, 9.17) is 14.7 Å². The van der Waals surface area contributed by atoms with E-state index >= 15 is 0 Å². The minimum absolute atomic E-state index is 0.00865. The van der Waals surface area contributed by atoms with Crippen molar-refractivity contribution in [2.24, 2.45) is 0 Å². The highest BCUT2D eigenvalue weighted by Gasteiger charge is 2.22. The van der Waals surface area contributed by atoms with Crippen molar-refractivity contribution in [1.82, 2.24) is 5.32 Å². The minimum atomic E-state index is -0.431. The van der Waals surface area contributed by atoms with Gasteiger partial charge in [-0.1, -0.05) is 18.2 Å². The highest BCUT2D eigenvalue weighted by Crippen LogP contribution is 2.16. The predicted molar refractivity (Wildman–Crippen MR) is 93.4 cm³/mol. The molecule has 1 saturated heterocycles.